The zero-order valence-electron chi connectivity index (χ0n) is 20.0. The molecule has 0 saturated carbocycles. The summed E-state index contributed by atoms with van der Waals surface area (Å²) >= 11 is 0. The zero-order chi connectivity index (χ0) is 25.0. The Labute approximate surface area is 199 Å². The number of esters is 1. The lowest BCUT2D eigenvalue weighted by molar-refractivity contribution is 0.0469. The Morgan fingerprint density at radius 1 is 1.12 bits per heavy atom. The smallest absolute Gasteiger partial charge is 0.341 e. The molecule has 10 heteroatoms. The minimum absolute atomic E-state index is 0.170. The van der Waals surface area contributed by atoms with Crippen LogP contribution in [0.1, 0.15) is 52.4 Å². The van der Waals surface area contributed by atoms with Crippen LogP contribution in [0.5, 0.6) is 0 Å². The molecule has 0 N–H and O–H groups in total. The quantitative estimate of drug-likeness (QED) is 0.392. The summed E-state index contributed by atoms with van der Waals surface area (Å²) in [4.78, 5) is 25.0. The largest absolute Gasteiger partial charge is 0.454 e. The number of ether oxygens (including phenoxy) is 2. The third-order valence-corrected chi connectivity index (χ3v) is 7.80. The number of Topliss-reactive ketones (excluding diaryl/α,β-unsaturated/α-hetero) is 1. The van der Waals surface area contributed by atoms with Crippen LogP contribution in [0, 0.1) is 25.6 Å². The summed E-state index contributed by atoms with van der Waals surface area (Å²) in [5.74, 6) is -1.92. The van der Waals surface area contributed by atoms with Gasteiger partial charge in [-0.05, 0) is 50.5 Å². The van der Waals surface area contributed by atoms with Crippen molar-refractivity contribution in [2.75, 3.05) is 32.9 Å². The standard InChI is InChI=1S/C24H31FN2O6S/c1-16(2)7-8-27-17(3)13-20(18(27)4)23(28)15-33-24(29)21-14-19(5-6-22(21)25)34(30,31)26-9-11-32-12-10-26/h5-6,13-14,16H,7-12,15H2,1-4H3. The third kappa shape index (κ3) is 5.73. The molecule has 2 heterocycles. The molecule has 186 valence electrons. The highest BCUT2D eigenvalue weighted by molar-refractivity contribution is 7.89. The topological polar surface area (TPSA) is 94.9 Å². The maximum Gasteiger partial charge on any atom is 0.341 e. The molecule has 1 aliphatic heterocycles. The Morgan fingerprint density at radius 3 is 2.44 bits per heavy atom. The highest BCUT2D eigenvalue weighted by atomic mass is 32.2. The van der Waals surface area contributed by atoms with E-state index in [0.717, 1.165) is 42.6 Å². The number of benzene rings is 1. The summed E-state index contributed by atoms with van der Waals surface area (Å²) in [6.45, 7) is 9.05. The second-order valence-corrected chi connectivity index (χ2v) is 10.7. The van der Waals surface area contributed by atoms with E-state index in [1.54, 1.807) is 6.07 Å². The highest BCUT2D eigenvalue weighted by Crippen LogP contribution is 2.22. The van der Waals surface area contributed by atoms with E-state index < -0.39 is 39.8 Å². The van der Waals surface area contributed by atoms with E-state index in [4.69, 9.17) is 9.47 Å². The number of carbonyl (C=O) groups excluding carboxylic acids is 2. The van der Waals surface area contributed by atoms with E-state index >= 15 is 0 Å². The zero-order valence-corrected chi connectivity index (χ0v) is 20.8. The van der Waals surface area contributed by atoms with Gasteiger partial charge in [0.15, 0.2) is 6.61 Å². The molecule has 1 aromatic carbocycles. The minimum Gasteiger partial charge on any atom is -0.454 e. The van der Waals surface area contributed by atoms with Crippen LogP contribution in [0.4, 0.5) is 4.39 Å². The number of nitrogens with zero attached hydrogens (tertiary/aromatic N) is 2. The van der Waals surface area contributed by atoms with Gasteiger partial charge in [-0.25, -0.2) is 17.6 Å². The van der Waals surface area contributed by atoms with Gasteiger partial charge in [-0.1, -0.05) is 13.8 Å². The van der Waals surface area contributed by atoms with Crippen LogP contribution in [-0.4, -0.2) is 62.0 Å². The number of sulfonamides is 1. The molecule has 0 bridgehead atoms. The van der Waals surface area contributed by atoms with E-state index in [-0.39, 0.29) is 31.2 Å². The van der Waals surface area contributed by atoms with Crippen LogP contribution in [0.2, 0.25) is 0 Å². The number of hydrogen-bond donors (Lipinski definition) is 0. The summed E-state index contributed by atoms with van der Waals surface area (Å²) in [7, 11) is -3.92. The first-order valence-corrected chi connectivity index (χ1v) is 12.7. The Balaban J connectivity index is 1.72. The van der Waals surface area contributed by atoms with Gasteiger partial charge >= 0.3 is 5.97 Å². The molecule has 34 heavy (non-hydrogen) atoms. The van der Waals surface area contributed by atoms with Crippen LogP contribution in [0.25, 0.3) is 0 Å². The number of ketones is 1. The lowest BCUT2D eigenvalue weighted by Gasteiger charge is -2.26. The van der Waals surface area contributed by atoms with Crippen molar-refractivity contribution in [3.63, 3.8) is 0 Å². The van der Waals surface area contributed by atoms with Gasteiger partial charge in [-0.2, -0.15) is 4.31 Å². The molecule has 2 aromatic rings. The third-order valence-electron chi connectivity index (χ3n) is 5.90. The minimum atomic E-state index is -3.92. The Morgan fingerprint density at radius 2 is 1.79 bits per heavy atom. The molecular weight excluding hydrogens is 463 g/mol. The van der Waals surface area contributed by atoms with E-state index in [0.29, 0.717) is 11.5 Å². The molecule has 0 radical (unpaired) electrons. The molecule has 0 atom stereocenters. The molecule has 3 rings (SSSR count). The van der Waals surface area contributed by atoms with Crippen molar-refractivity contribution < 1.29 is 31.9 Å². The number of aryl methyl sites for hydroxylation is 1. The van der Waals surface area contributed by atoms with Crippen molar-refractivity contribution >= 4 is 21.8 Å². The lowest BCUT2D eigenvalue weighted by atomic mass is 10.1. The van der Waals surface area contributed by atoms with Crippen molar-refractivity contribution in [2.24, 2.45) is 5.92 Å². The van der Waals surface area contributed by atoms with Crippen molar-refractivity contribution in [1.82, 2.24) is 8.87 Å². The fraction of sp³-hybridized carbons (Fsp3) is 0.500. The number of halogens is 1. The van der Waals surface area contributed by atoms with Crippen LogP contribution in [-0.2, 0) is 26.0 Å². The molecule has 1 aromatic heterocycles. The second kappa shape index (κ2) is 10.8. The van der Waals surface area contributed by atoms with Crippen molar-refractivity contribution in [3.8, 4) is 0 Å². The Bertz CT molecular complexity index is 1170. The summed E-state index contributed by atoms with van der Waals surface area (Å²) < 4.78 is 53.5. The van der Waals surface area contributed by atoms with E-state index in [1.165, 1.54) is 4.31 Å². The van der Waals surface area contributed by atoms with Gasteiger partial charge in [0.1, 0.15) is 5.82 Å². The SMILES string of the molecule is Cc1cc(C(=O)COC(=O)c2cc(S(=O)(=O)N3CCOCC3)ccc2F)c(C)n1CCC(C)C. The van der Waals surface area contributed by atoms with Gasteiger partial charge in [0.2, 0.25) is 15.8 Å². The van der Waals surface area contributed by atoms with Crippen LogP contribution in [0.15, 0.2) is 29.2 Å². The molecular formula is C24H31FN2O6S. The Hall–Kier alpha value is -2.56. The van der Waals surface area contributed by atoms with Crippen molar-refractivity contribution in [3.05, 3.63) is 52.6 Å². The summed E-state index contributed by atoms with van der Waals surface area (Å²) in [6.07, 6.45) is 0.960. The first kappa shape index (κ1) is 26.1. The van der Waals surface area contributed by atoms with Crippen LogP contribution >= 0.6 is 0 Å². The first-order valence-electron chi connectivity index (χ1n) is 11.3. The highest BCUT2D eigenvalue weighted by Gasteiger charge is 2.28. The van der Waals surface area contributed by atoms with Gasteiger partial charge in [0, 0.05) is 36.6 Å². The number of rotatable bonds is 9. The molecule has 8 nitrogen and oxygen atoms in total. The van der Waals surface area contributed by atoms with E-state index in [1.807, 2.05) is 13.8 Å². The maximum atomic E-state index is 14.4. The maximum absolute atomic E-state index is 14.4. The van der Waals surface area contributed by atoms with Crippen LogP contribution in [0.3, 0.4) is 0 Å². The lowest BCUT2D eigenvalue weighted by Crippen LogP contribution is -2.40. The monoisotopic (exact) mass is 494 g/mol. The molecule has 1 aliphatic rings. The molecule has 0 unspecified atom stereocenters. The van der Waals surface area contributed by atoms with Crippen molar-refractivity contribution in [1.29, 1.82) is 0 Å². The van der Waals surface area contributed by atoms with Crippen molar-refractivity contribution in [2.45, 2.75) is 45.6 Å². The molecule has 1 saturated heterocycles. The first-order chi connectivity index (χ1) is 16.0. The average molecular weight is 495 g/mol. The summed E-state index contributed by atoms with van der Waals surface area (Å²) in [5, 5.41) is 0. The number of hydrogen-bond acceptors (Lipinski definition) is 6. The van der Waals surface area contributed by atoms with Gasteiger partial charge < -0.3 is 14.0 Å². The van der Waals surface area contributed by atoms with E-state index in [2.05, 4.69) is 18.4 Å². The Kier molecular flexibility index (Phi) is 8.27. The normalized spacial score (nSPS) is 15.0. The average Bonchev–Trinajstić information content (AvgIpc) is 3.09. The molecule has 1 fully saturated rings. The van der Waals surface area contributed by atoms with E-state index in [9.17, 15) is 22.4 Å². The molecule has 0 aliphatic carbocycles. The number of aromatic nitrogens is 1. The van der Waals surface area contributed by atoms with Gasteiger partial charge in [0.25, 0.3) is 0 Å². The fourth-order valence-corrected chi connectivity index (χ4v) is 5.29. The van der Waals surface area contributed by atoms with Gasteiger partial charge in [0.05, 0.1) is 23.7 Å². The van der Waals surface area contributed by atoms with Gasteiger partial charge in [-0.15, -0.1) is 0 Å². The molecule has 0 spiro atoms. The number of carbonyl (C=O) groups is 2. The summed E-state index contributed by atoms with van der Waals surface area (Å²) in [6, 6.07) is 4.72. The molecule has 0 amide bonds. The fourth-order valence-electron chi connectivity index (χ4n) is 3.86. The van der Waals surface area contributed by atoms with Crippen LogP contribution < -0.4 is 0 Å². The second-order valence-electron chi connectivity index (χ2n) is 8.78. The predicted octanol–water partition coefficient (Wildman–Crippen LogP) is 3.35. The summed E-state index contributed by atoms with van der Waals surface area (Å²) in [5.41, 5.74) is 1.62. The van der Waals surface area contributed by atoms with Gasteiger partial charge in [-0.3, -0.25) is 4.79 Å². The number of morpholine rings is 1. The predicted molar refractivity (Wildman–Crippen MR) is 124 cm³/mol.